The van der Waals surface area contributed by atoms with E-state index in [1.54, 1.807) is 6.07 Å². The van der Waals surface area contributed by atoms with Gasteiger partial charge in [0.05, 0.1) is 6.54 Å². The molecule has 1 aromatic carbocycles. The normalized spacial score (nSPS) is 16.2. The van der Waals surface area contributed by atoms with E-state index < -0.39 is 0 Å². The molecule has 1 saturated heterocycles. The summed E-state index contributed by atoms with van der Waals surface area (Å²) >= 11 is 0. The second-order valence-electron chi connectivity index (χ2n) is 5.68. The molecule has 0 aromatic heterocycles. The third-order valence-electron chi connectivity index (χ3n) is 4.01. The number of likely N-dealkylation sites (N-methyl/N-ethyl adjacent to an activating group) is 1. The molecule has 1 heterocycles. The Morgan fingerprint density at radius 2 is 2.00 bits per heavy atom. The van der Waals surface area contributed by atoms with E-state index in [9.17, 15) is 9.18 Å². The summed E-state index contributed by atoms with van der Waals surface area (Å²) in [5.41, 5.74) is 2.08. The van der Waals surface area contributed by atoms with Gasteiger partial charge < -0.3 is 15.1 Å². The van der Waals surface area contributed by atoms with Crippen LogP contribution in [-0.2, 0) is 11.2 Å². The molecule has 0 aliphatic carbocycles. The van der Waals surface area contributed by atoms with Crippen molar-refractivity contribution in [2.45, 2.75) is 13.3 Å². The highest BCUT2D eigenvalue weighted by Crippen LogP contribution is 2.10. The summed E-state index contributed by atoms with van der Waals surface area (Å²) in [5, 5.41) is 3.19. The maximum Gasteiger partial charge on any atom is 0.236 e. The van der Waals surface area contributed by atoms with Gasteiger partial charge in [0, 0.05) is 26.2 Å². The van der Waals surface area contributed by atoms with Crippen LogP contribution in [0.1, 0.15) is 11.1 Å². The van der Waals surface area contributed by atoms with Gasteiger partial charge in [0.1, 0.15) is 5.82 Å². The lowest BCUT2D eigenvalue weighted by Crippen LogP contribution is -2.49. The average Bonchev–Trinajstić information content (AvgIpc) is 2.46. The first-order valence-corrected chi connectivity index (χ1v) is 7.48. The van der Waals surface area contributed by atoms with Gasteiger partial charge in [0.15, 0.2) is 0 Å². The molecule has 1 aliphatic rings. The maximum atomic E-state index is 13.0. The molecular formula is C16H24FN3O. The lowest BCUT2D eigenvalue weighted by molar-refractivity contribution is -0.131. The van der Waals surface area contributed by atoms with E-state index in [4.69, 9.17) is 0 Å². The smallest absolute Gasteiger partial charge is 0.236 e. The molecule has 21 heavy (non-hydrogen) atoms. The van der Waals surface area contributed by atoms with Crippen LogP contribution in [0.15, 0.2) is 18.2 Å². The second kappa shape index (κ2) is 7.52. The Kier molecular flexibility index (Phi) is 5.70. The fraction of sp³-hybridized carbons (Fsp3) is 0.562. The quantitative estimate of drug-likeness (QED) is 0.824. The number of benzene rings is 1. The minimum atomic E-state index is -0.200. The van der Waals surface area contributed by atoms with Crippen LogP contribution in [0.4, 0.5) is 4.39 Å². The number of hydrogen-bond donors (Lipinski definition) is 1. The van der Waals surface area contributed by atoms with Crippen LogP contribution in [0.3, 0.4) is 0 Å². The minimum Gasteiger partial charge on any atom is -0.339 e. The van der Waals surface area contributed by atoms with Gasteiger partial charge in [-0.05, 0) is 50.2 Å². The lowest BCUT2D eigenvalue weighted by Gasteiger charge is -2.32. The molecule has 2 rings (SSSR count). The Hall–Kier alpha value is -1.46. The van der Waals surface area contributed by atoms with Crippen LogP contribution >= 0.6 is 0 Å². The van der Waals surface area contributed by atoms with Crippen LogP contribution in [-0.4, -0.2) is 62.0 Å². The molecule has 5 heteroatoms. The standard InChI is InChI=1S/C16H24FN3O/c1-13-11-15(17)4-3-14(13)5-6-18-12-16(21)20-9-7-19(2)8-10-20/h3-4,11,18H,5-10,12H2,1-2H3. The van der Waals surface area contributed by atoms with E-state index in [2.05, 4.69) is 17.3 Å². The molecule has 0 unspecified atom stereocenters. The molecule has 1 aliphatic heterocycles. The average molecular weight is 293 g/mol. The number of nitrogens with one attached hydrogen (secondary N) is 1. The van der Waals surface area contributed by atoms with Gasteiger partial charge in [-0.2, -0.15) is 0 Å². The predicted molar refractivity (Wildman–Crippen MR) is 81.8 cm³/mol. The lowest BCUT2D eigenvalue weighted by atomic mass is 10.1. The number of nitrogens with zero attached hydrogens (tertiary/aromatic N) is 2. The van der Waals surface area contributed by atoms with Crippen LogP contribution in [0.2, 0.25) is 0 Å². The van der Waals surface area contributed by atoms with Crippen LogP contribution < -0.4 is 5.32 Å². The third-order valence-corrected chi connectivity index (χ3v) is 4.01. The van der Waals surface area contributed by atoms with Gasteiger partial charge in [-0.25, -0.2) is 4.39 Å². The molecule has 1 aromatic rings. The molecule has 0 spiro atoms. The van der Waals surface area contributed by atoms with Crippen molar-refractivity contribution in [3.05, 3.63) is 35.1 Å². The minimum absolute atomic E-state index is 0.166. The highest BCUT2D eigenvalue weighted by molar-refractivity contribution is 5.78. The summed E-state index contributed by atoms with van der Waals surface area (Å²) in [7, 11) is 2.07. The molecule has 1 N–H and O–H groups in total. The topological polar surface area (TPSA) is 35.6 Å². The molecule has 1 amide bonds. The van der Waals surface area contributed by atoms with Crippen molar-refractivity contribution in [1.29, 1.82) is 0 Å². The zero-order chi connectivity index (χ0) is 15.2. The molecule has 0 atom stereocenters. The van der Waals surface area contributed by atoms with Crippen molar-refractivity contribution in [3.63, 3.8) is 0 Å². The Bertz CT molecular complexity index is 484. The zero-order valence-corrected chi connectivity index (χ0v) is 12.9. The fourth-order valence-electron chi connectivity index (χ4n) is 2.53. The van der Waals surface area contributed by atoms with Crippen molar-refractivity contribution in [2.24, 2.45) is 0 Å². The molecule has 0 bridgehead atoms. The Labute approximate surface area is 125 Å². The number of piperazine rings is 1. The highest BCUT2D eigenvalue weighted by atomic mass is 19.1. The summed E-state index contributed by atoms with van der Waals surface area (Å²) in [6.45, 7) is 6.53. The number of aryl methyl sites for hydroxylation is 1. The predicted octanol–water partition coefficient (Wildman–Crippen LogP) is 1.04. The van der Waals surface area contributed by atoms with Crippen LogP contribution in [0, 0.1) is 12.7 Å². The first-order valence-electron chi connectivity index (χ1n) is 7.48. The van der Waals surface area contributed by atoms with Crippen molar-refractivity contribution in [2.75, 3.05) is 46.3 Å². The third kappa shape index (κ3) is 4.79. The summed E-state index contributed by atoms with van der Waals surface area (Å²) in [5.74, 6) is -0.0339. The Morgan fingerprint density at radius 1 is 1.29 bits per heavy atom. The number of halogens is 1. The number of carbonyl (C=O) groups is 1. The van der Waals surface area contributed by atoms with Gasteiger partial charge >= 0.3 is 0 Å². The fourth-order valence-corrected chi connectivity index (χ4v) is 2.53. The van der Waals surface area contributed by atoms with Crippen LogP contribution in [0.5, 0.6) is 0 Å². The molecule has 0 saturated carbocycles. The summed E-state index contributed by atoms with van der Waals surface area (Å²) < 4.78 is 13.0. The zero-order valence-electron chi connectivity index (χ0n) is 12.9. The molecular weight excluding hydrogens is 269 g/mol. The maximum absolute atomic E-state index is 13.0. The molecule has 116 valence electrons. The Balaban J connectivity index is 1.68. The summed E-state index contributed by atoms with van der Waals surface area (Å²) in [6.07, 6.45) is 0.808. The molecule has 4 nitrogen and oxygen atoms in total. The van der Waals surface area contributed by atoms with Crippen molar-refractivity contribution < 1.29 is 9.18 Å². The van der Waals surface area contributed by atoms with Gasteiger partial charge in [0.2, 0.25) is 5.91 Å². The van der Waals surface area contributed by atoms with Crippen LogP contribution in [0.25, 0.3) is 0 Å². The van der Waals surface area contributed by atoms with Gasteiger partial charge in [0.25, 0.3) is 0 Å². The summed E-state index contributed by atoms with van der Waals surface area (Å²) in [6, 6.07) is 4.84. The number of amides is 1. The SMILES string of the molecule is Cc1cc(F)ccc1CCNCC(=O)N1CCN(C)CC1. The van der Waals surface area contributed by atoms with Crippen molar-refractivity contribution in [1.82, 2.24) is 15.1 Å². The van der Waals surface area contributed by atoms with E-state index in [1.165, 1.54) is 6.07 Å². The highest BCUT2D eigenvalue weighted by Gasteiger charge is 2.18. The number of carbonyl (C=O) groups excluding carboxylic acids is 1. The summed E-state index contributed by atoms with van der Waals surface area (Å²) in [4.78, 5) is 16.2. The van der Waals surface area contributed by atoms with E-state index >= 15 is 0 Å². The van der Waals surface area contributed by atoms with Gasteiger partial charge in [-0.15, -0.1) is 0 Å². The molecule has 0 radical (unpaired) electrons. The second-order valence-corrected chi connectivity index (χ2v) is 5.68. The van der Waals surface area contributed by atoms with E-state index in [-0.39, 0.29) is 11.7 Å². The monoisotopic (exact) mass is 293 g/mol. The van der Waals surface area contributed by atoms with E-state index in [0.29, 0.717) is 6.54 Å². The largest absolute Gasteiger partial charge is 0.339 e. The van der Waals surface area contributed by atoms with Gasteiger partial charge in [-0.3, -0.25) is 4.79 Å². The van der Waals surface area contributed by atoms with E-state index in [1.807, 2.05) is 17.9 Å². The van der Waals surface area contributed by atoms with E-state index in [0.717, 1.165) is 50.3 Å². The number of hydrogen-bond acceptors (Lipinski definition) is 3. The first kappa shape index (κ1) is 15.9. The first-order chi connectivity index (χ1) is 10.1. The Morgan fingerprint density at radius 3 is 2.67 bits per heavy atom. The van der Waals surface area contributed by atoms with Crippen molar-refractivity contribution in [3.8, 4) is 0 Å². The molecule has 1 fully saturated rings. The van der Waals surface area contributed by atoms with Gasteiger partial charge in [-0.1, -0.05) is 6.07 Å². The number of rotatable bonds is 5. The van der Waals surface area contributed by atoms with Crippen molar-refractivity contribution >= 4 is 5.91 Å².